The predicted molar refractivity (Wildman–Crippen MR) is 169 cm³/mol. The molecule has 2 aromatic carbocycles. The Bertz CT molecular complexity index is 1320. The highest BCUT2D eigenvalue weighted by molar-refractivity contribution is 7.99. The molecule has 1 heterocycles. The van der Waals surface area contributed by atoms with Crippen molar-refractivity contribution in [2.24, 2.45) is 0 Å². The summed E-state index contributed by atoms with van der Waals surface area (Å²) < 4.78 is 1.49. The van der Waals surface area contributed by atoms with Crippen molar-refractivity contribution in [2.75, 3.05) is 0 Å². The molecule has 0 fully saturated rings. The molecule has 1 aromatic heterocycles. The second-order valence-corrected chi connectivity index (χ2v) is 16.9. The van der Waals surface area contributed by atoms with E-state index in [1.807, 2.05) is 24.3 Å². The molecule has 3 aromatic rings. The van der Waals surface area contributed by atoms with Crippen molar-refractivity contribution in [3.05, 3.63) is 52.6 Å². The van der Waals surface area contributed by atoms with Crippen LogP contribution in [0.4, 0.5) is 0 Å². The molecule has 0 aliphatic carbocycles. The first-order chi connectivity index (χ1) is 18.0. The van der Waals surface area contributed by atoms with E-state index in [2.05, 4.69) is 83.1 Å². The van der Waals surface area contributed by atoms with E-state index < -0.39 is 0 Å². The Morgan fingerprint density at radius 2 is 0.900 bits per heavy atom. The van der Waals surface area contributed by atoms with Gasteiger partial charge < -0.3 is 20.4 Å². The van der Waals surface area contributed by atoms with Gasteiger partial charge in [-0.3, -0.25) is 4.57 Å². The van der Waals surface area contributed by atoms with Gasteiger partial charge in [0.1, 0.15) is 11.5 Å². The first kappa shape index (κ1) is 32.1. The van der Waals surface area contributed by atoms with Crippen molar-refractivity contribution >= 4 is 23.5 Å². The van der Waals surface area contributed by atoms with Crippen LogP contribution < -0.4 is 0 Å². The van der Waals surface area contributed by atoms with Crippen LogP contribution in [0.15, 0.2) is 45.0 Å². The Morgan fingerprint density at radius 1 is 0.550 bits per heavy atom. The molecule has 5 nitrogen and oxygen atoms in total. The lowest BCUT2D eigenvalue weighted by Gasteiger charge is -2.28. The third kappa shape index (κ3) is 6.91. The van der Waals surface area contributed by atoms with E-state index in [9.17, 15) is 20.4 Å². The van der Waals surface area contributed by atoms with E-state index in [4.69, 9.17) is 0 Å². The van der Waals surface area contributed by atoms with E-state index >= 15 is 0 Å². The van der Waals surface area contributed by atoms with Crippen LogP contribution >= 0.6 is 23.5 Å². The zero-order valence-corrected chi connectivity index (χ0v) is 27.8. The molecule has 0 aliphatic heterocycles. The lowest BCUT2D eigenvalue weighted by molar-refractivity contribution is 0.380. The molecule has 0 atom stereocenters. The Kier molecular flexibility index (Phi) is 8.67. The molecule has 0 amide bonds. The number of phenols is 2. The molecule has 3 rings (SSSR count). The number of aromatic nitrogens is 1. The summed E-state index contributed by atoms with van der Waals surface area (Å²) in [4.78, 5) is 2.38. The van der Waals surface area contributed by atoms with Gasteiger partial charge in [-0.1, -0.05) is 94.8 Å². The zero-order valence-electron chi connectivity index (χ0n) is 26.1. The quantitative estimate of drug-likeness (QED) is 0.223. The van der Waals surface area contributed by atoms with Crippen molar-refractivity contribution < 1.29 is 20.4 Å². The van der Waals surface area contributed by atoms with Gasteiger partial charge in [0.05, 0.1) is 10.8 Å². The third-order valence-corrected chi connectivity index (χ3v) is 8.95. The van der Waals surface area contributed by atoms with Crippen LogP contribution in [0.1, 0.15) is 105 Å². The van der Waals surface area contributed by atoms with Gasteiger partial charge in [0.25, 0.3) is 0 Å². The molecule has 0 radical (unpaired) electrons. The average molecular weight is 586 g/mol. The van der Waals surface area contributed by atoms with Gasteiger partial charge in [-0.2, -0.15) is 0 Å². The Balaban J connectivity index is 1.98. The monoisotopic (exact) mass is 585 g/mol. The van der Waals surface area contributed by atoms with E-state index in [0.29, 0.717) is 22.3 Å². The number of rotatable bonds is 5. The summed E-state index contributed by atoms with van der Waals surface area (Å²) in [6, 6.07) is 9.52. The standard InChI is InChI=1S/C33H47NO4S2/c1-30(2,3)21-13-19(14-22(27(21)36)31(4,5)6)39-18-34-26(35)17-25(29(34)38)40-20-15-23(32(7,8)9)28(37)24(16-20)33(10,11)12/h13-17,35-38H,18H2,1-12H3. The summed E-state index contributed by atoms with van der Waals surface area (Å²) in [6.07, 6.45) is 0. The van der Waals surface area contributed by atoms with Crippen molar-refractivity contribution in [2.45, 2.75) is 125 Å². The van der Waals surface area contributed by atoms with Crippen LogP contribution in [0.3, 0.4) is 0 Å². The summed E-state index contributed by atoms with van der Waals surface area (Å²) >= 11 is 2.86. The summed E-state index contributed by atoms with van der Waals surface area (Å²) in [5.74, 6) is 0.899. The SMILES string of the molecule is CC(C)(C)c1cc(SCn2c(O)cc(Sc3cc(C(C)(C)C)c(O)c(C(C)(C)C)c3)c2O)cc(C(C)(C)C)c1O. The zero-order chi connectivity index (χ0) is 30.6. The Hall–Kier alpha value is -2.38. The number of nitrogens with zero attached hydrogens (tertiary/aromatic N) is 1. The summed E-state index contributed by atoms with van der Waals surface area (Å²) in [6.45, 7) is 24.9. The molecule has 0 saturated carbocycles. The van der Waals surface area contributed by atoms with Crippen molar-refractivity contribution in [3.8, 4) is 23.3 Å². The van der Waals surface area contributed by atoms with E-state index in [1.165, 1.54) is 28.1 Å². The minimum atomic E-state index is -0.269. The topological polar surface area (TPSA) is 85.9 Å². The fourth-order valence-corrected chi connectivity index (χ4v) is 6.52. The normalized spacial score (nSPS) is 13.2. The first-order valence-corrected chi connectivity index (χ1v) is 15.5. The predicted octanol–water partition coefficient (Wildman–Crippen LogP) is 9.40. The largest absolute Gasteiger partial charge is 0.507 e. The van der Waals surface area contributed by atoms with Gasteiger partial charge in [-0.25, -0.2) is 0 Å². The lowest BCUT2D eigenvalue weighted by atomic mass is 9.79. The van der Waals surface area contributed by atoms with E-state index in [0.717, 1.165) is 32.0 Å². The first-order valence-electron chi connectivity index (χ1n) is 13.7. The van der Waals surface area contributed by atoms with Gasteiger partial charge in [0.15, 0.2) is 5.88 Å². The van der Waals surface area contributed by atoms with E-state index in [-0.39, 0.29) is 33.4 Å². The van der Waals surface area contributed by atoms with Crippen molar-refractivity contribution in [3.63, 3.8) is 0 Å². The van der Waals surface area contributed by atoms with Crippen molar-refractivity contribution in [1.82, 2.24) is 4.57 Å². The van der Waals surface area contributed by atoms with Gasteiger partial charge in [0.2, 0.25) is 5.88 Å². The molecule has 220 valence electrons. The molecular weight excluding hydrogens is 539 g/mol. The van der Waals surface area contributed by atoms with Crippen LogP contribution in [0, 0.1) is 0 Å². The Morgan fingerprint density at radius 3 is 1.25 bits per heavy atom. The maximum atomic E-state index is 11.2. The maximum Gasteiger partial charge on any atom is 0.209 e. The highest BCUT2D eigenvalue weighted by Gasteiger charge is 2.29. The minimum absolute atomic E-state index is 0.0106. The molecule has 7 heteroatoms. The van der Waals surface area contributed by atoms with E-state index in [1.54, 1.807) is 6.07 Å². The summed E-state index contributed by atoms with van der Waals surface area (Å²) in [7, 11) is 0. The number of hydrogen-bond donors (Lipinski definition) is 4. The third-order valence-electron chi connectivity index (χ3n) is 7.00. The van der Waals surface area contributed by atoms with Crippen LogP contribution in [-0.4, -0.2) is 25.0 Å². The molecular formula is C33H47NO4S2. The van der Waals surface area contributed by atoms with Gasteiger partial charge in [-0.05, 0) is 45.9 Å². The molecule has 0 bridgehead atoms. The summed E-state index contributed by atoms with van der Waals surface area (Å²) in [5.41, 5.74) is 2.40. The van der Waals surface area contributed by atoms with Gasteiger partial charge in [0, 0.05) is 38.1 Å². The lowest BCUT2D eigenvalue weighted by Crippen LogP contribution is -2.17. The maximum absolute atomic E-state index is 11.2. The number of thioether (sulfide) groups is 1. The smallest absolute Gasteiger partial charge is 0.209 e. The molecule has 4 N–H and O–H groups in total. The average Bonchev–Trinajstić information content (AvgIpc) is 3.03. The Labute approximate surface area is 249 Å². The number of benzene rings is 2. The van der Waals surface area contributed by atoms with Crippen LogP contribution in [-0.2, 0) is 27.5 Å². The molecule has 0 saturated heterocycles. The fraction of sp³-hybridized carbons (Fsp3) is 0.515. The highest BCUT2D eigenvalue weighted by atomic mass is 32.2. The fourth-order valence-electron chi connectivity index (χ4n) is 4.61. The number of hydrogen-bond acceptors (Lipinski definition) is 6. The highest BCUT2D eigenvalue weighted by Crippen LogP contribution is 2.47. The van der Waals surface area contributed by atoms with Crippen LogP contribution in [0.2, 0.25) is 0 Å². The van der Waals surface area contributed by atoms with Crippen molar-refractivity contribution in [1.29, 1.82) is 0 Å². The number of phenolic OH excluding ortho intramolecular Hbond substituents is 2. The van der Waals surface area contributed by atoms with Gasteiger partial charge >= 0.3 is 0 Å². The number of aromatic hydroxyl groups is 4. The molecule has 0 aliphatic rings. The molecule has 0 spiro atoms. The summed E-state index contributed by atoms with van der Waals surface area (Å²) in [5, 5.41) is 44.1. The molecule has 0 unspecified atom stereocenters. The van der Waals surface area contributed by atoms with Crippen LogP contribution in [0.25, 0.3) is 0 Å². The van der Waals surface area contributed by atoms with Gasteiger partial charge in [-0.15, -0.1) is 11.8 Å². The molecule has 40 heavy (non-hydrogen) atoms. The second-order valence-electron chi connectivity index (χ2n) is 14.7. The van der Waals surface area contributed by atoms with Crippen LogP contribution in [0.5, 0.6) is 23.3 Å². The minimum Gasteiger partial charge on any atom is -0.507 e. The second kappa shape index (κ2) is 10.8.